The summed E-state index contributed by atoms with van der Waals surface area (Å²) >= 11 is 0. The summed E-state index contributed by atoms with van der Waals surface area (Å²) in [6.45, 7) is -0.126. The quantitative estimate of drug-likeness (QED) is 0.839. The second-order valence-corrected chi connectivity index (χ2v) is 6.35. The number of carbonyl (C=O) groups excluding carboxylic acids is 1. The average molecular weight is 285 g/mol. The van der Waals surface area contributed by atoms with Crippen LogP contribution in [0.4, 0.5) is 4.79 Å². The summed E-state index contributed by atoms with van der Waals surface area (Å²) in [6, 6.07) is 7.60. The van der Waals surface area contributed by atoms with E-state index in [0.717, 1.165) is 0 Å². The fraction of sp³-hybridized carbons (Fsp3) is 0.417. The number of nitrogens with zero attached hydrogens (tertiary/aromatic N) is 1. The number of hydrogen-bond acceptors (Lipinski definition) is 5. The summed E-state index contributed by atoms with van der Waals surface area (Å²) in [5.41, 5.74) is 0. The first-order chi connectivity index (χ1) is 9.04. The fourth-order valence-corrected chi connectivity index (χ4v) is 3.12. The Morgan fingerprint density at radius 1 is 1.32 bits per heavy atom. The highest BCUT2D eigenvalue weighted by Crippen LogP contribution is 2.15. The summed E-state index contributed by atoms with van der Waals surface area (Å²) < 4.78 is 28.9. The molecule has 1 saturated heterocycles. The molecule has 19 heavy (non-hydrogen) atoms. The van der Waals surface area contributed by atoms with E-state index in [1.54, 1.807) is 18.2 Å². The van der Waals surface area contributed by atoms with Gasteiger partial charge in [-0.3, -0.25) is 4.90 Å². The van der Waals surface area contributed by atoms with Crippen molar-refractivity contribution < 1.29 is 23.1 Å². The molecule has 0 saturated carbocycles. The molecule has 0 unspecified atom stereocenters. The van der Waals surface area contributed by atoms with E-state index in [1.807, 2.05) is 0 Å². The lowest BCUT2D eigenvalue weighted by Gasteiger charge is -2.19. The summed E-state index contributed by atoms with van der Waals surface area (Å²) in [7, 11) is -3.43. The molecule has 2 rings (SSSR count). The first kappa shape index (κ1) is 13.8. The van der Waals surface area contributed by atoms with Gasteiger partial charge in [0.15, 0.2) is 9.84 Å². The highest BCUT2D eigenvalue weighted by molar-refractivity contribution is 7.91. The molecule has 1 aliphatic rings. The Morgan fingerprint density at radius 2 is 2.00 bits per heavy atom. The molecular formula is C12H15NO5S. The molecule has 0 spiro atoms. The molecule has 0 bridgehead atoms. The normalized spacial score (nSPS) is 19.5. The van der Waals surface area contributed by atoms with Crippen LogP contribution in [0.3, 0.4) is 0 Å². The summed E-state index contributed by atoms with van der Waals surface area (Å²) in [5.74, 6) is -0.192. The number of cyclic esters (lactones) is 1. The van der Waals surface area contributed by atoms with Gasteiger partial charge in [0.2, 0.25) is 0 Å². The number of benzene rings is 1. The number of rotatable bonds is 5. The van der Waals surface area contributed by atoms with Crippen LogP contribution in [0.5, 0.6) is 0 Å². The lowest BCUT2D eigenvalue weighted by molar-refractivity contribution is 0.156. The molecule has 1 amide bonds. The fourth-order valence-electron chi connectivity index (χ4n) is 1.88. The number of sulfone groups is 1. The molecule has 1 N–H and O–H groups in total. The zero-order valence-corrected chi connectivity index (χ0v) is 11.0. The molecule has 1 aliphatic heterocycles. The van der Waals surface area contributed by atoms with Crippen molar-refractivity contribution in [2.45, 2.75) is 10.9 Å². The van der Waals surface area contributed by atoms with Crippen molar-refractivity contribution in [3.63, 3.8) is 0 Å². The standard InChI is InChI=1S/C12H15NO5S/c14-8-10-9-18-12(15)13(10)6-7-19(16,17)11-4-2-1-3-5-11/h1-5,10,14H,6-9H2/t10-/m1/s1. The van der Waals surface area contributed by atoms with Gasteiger partial charge >= 0.3 is 6.09 Å². The van der Waals surface area contributed by atoms with Crippen molar-refractivity contribution in [2.75, 3.05) is 25.5 Å². The monoisotopic (exact) mass is 285 g/mol. The molecule has 6 nitrogen and oxygen atoms in total. The van der Waals surface area contributed by atoms with Crippen LogP contribution in [-0.4, -0.2) is 56.1 Å². The molecular weight excluding hydrogens is 270 g/mol. The molecule has 1 atom stereocenters. The van der Waals surface area contributed by atoms with E-state index in [0.29, 0.717) is 0 Å². The van der Waals surface area contributed by atoms with E-state index in [-0.39, 0.29) is 30.4 Å². The maximum Gasteiger partial charge on any atom is 0.410 e. The van der Waals surface area contributed by atoms with Gasteiger partial charge in [-0.15, -0.1) is 0 Å². The van der Waals surface area contributed by atoms with Crippen LogP contribution in [0.15, 0.2) is 35.2 Å². The van der Waals surface area contributed by atoms with Gasteiger partial charge in [0.05, 0.1) is 23.3 Å². The second kappa shape index (κ2) is 5.58. The highest BCUT2D eigenvalue weighted by atomic mass is 32.2. The minimum Gasteiger partial charge on any atom is -0.447 e. The molecule has 0 aromatic heterocycles. The number of aliphatic hydroxyl groups excluding tert-OH is 1. The van der Waals surface area contributed by atoms with Crippen LogP contribution in [0.1, 0.15) is 0 Å². The van der Waals surface area contributed by atoms with Crippen molar-refractivity contribution in [1.29, 1.82) is 0 Å². The van der Waals surface area contributed by atoms with E-state index < -0.39 is 22.0 Å². The summed E-state index contributed by atoms with van der Waals surface area (Å²) in [5, 5.41) is 9.08. The highest BCUT2D eigenvalue weighted by Gasteiger charge is 2.33. The van der Waals surface area contributed by atoms with Crippen molar-refractivity contribution in [3.05, 3.63) is 30.3 Å². The second-order valence-electron chi connectivity index (χ2n) is 4.24. The van der Waals surface area contributed by atoms with Gasteiger partial charge in [-0.2, -0.15) is 0 Å². The minimum absolute atomic E-state index is 0.0152. The van der Waals surface area contributed by atoms with Gasteiger partial charge in [-0.05, 0) is 12.1 Å². The first-order valence-corrected chi connectivity index (χ1v) is 7.52. The molecule has 0 aliphatic carbocycles. The number of aliphatic hydroxyl groups is 1. The van der Waals surface area contributed by atoms with E-state index in [1.165, 1.54) is 17.0 Å². The minimum atomic E-state index is -3.43. The van der Waals surface area contributed by atoms with E-state index in [9.17, 15) is 13.2 Å². The van der Waals surface area contributed by atoms with Crippen LogP contribution < -0.4 is 0 Å². The predicted octanol–water partition coefficient (Wildman–Crippen LogP) is 0.273. The van der Waals surface area contributed by atoms with Gasteiger partial charge in [0.1, 0.15) is 6.61 Å². The van der Waals surface area contributed by atoms with Crippen LogP contribution in [0, 0.1) is 0 Å². The van der Waals surface area contributed by atoms with Crippen LogP contribution in [-0.2, 0) is 14.6 Å². The maximum absolute atomic E-state index is 12.0. The molecule has 1 aromatic rings. The maximum atomic E-state index is 12.0. The van der Waals surface area contributed by atoms with Gasteiger partial charge in [-0.1, -0.05) is 18.2 Å². The summed E-state index contributed by atoms with van der Waals surface area (Å²) in [6.07, 6.45) is -0.581. The smallest absolute Gasteiger partial charge is 0.410 e. The first-order valence-electron chi connectivity index (χ1n) is 5.86. The molecule has 1 aromatic carbocycles. The Hall–Kier alpha value is -1.60. The zero-order valence-electron chi connectivity index (χ0n) is 10.2. The molecule has 0 radical (unpaired) electrons. The molecule has 104 valence electrons. The van der Waals surface area contributed by atoms with E-state index in [2.05, 4.69) is 0 Å². The lowest BCUT2D eigenvalue weighted by atomic mass is 10.3. The van der Waals surface area contributed by atoms with Gasteiger partial charge in [0.25, 0.3) is 0 Å². The van der Waals surface area contributed by atoms with Gasteiger partial charge in [0, 0.05) is 6.54 Å². The Bertz CT molecular complexity index is 542. The van der Waals surface area contributed by atoms with Gasteiger partial charge in [-0.25, -0.2) is 13.2 Å². The van der Waals surface area contributed by atoms with Crippen molar-refractivity contribution in [1.82, 2.24) is 4.90 Å². The number of ether oxygens (including phenoxy) is 1. The van der Waals surface area contributed by atoms with Crippen molar-refractivity contribution >= 4 is 15.9 Å². The zero-order chi connectivity index (χ0) is 13.9. The molecule has 1 heterocycles. The average Bonchev–Trinajstić information content (AvgIpc) is 2.78. The molecule has 7 heteroatoms. The molecule has 1 fully saturated rings. The Labute approximate surface area is 111 Å². The third-order valence-electron chi connectivity index (χ3n) is 2.99. The largest absolute Gasteiger partial charge is 0.447 e. The Morgan fingerprint density at radius 3 is 2.63 bits per heavy atom. The topological polar surface area (TPSA) is 83.9 Å². The number of hydrogen-bond donors (Lipinski definition) is 1. The van der Waals surface area contributed by atoms with Crippen molar-refractivity contribution in [2.24, 2.45) is 0 Å². The lowest BCUT2D eigenvalue weighted by Crippen LogP contribution is -2.39. The van der Waals surface area contributed by atoms with Crippen LogP contribution >= 0.6 is 0 Å². The Kier molecular flexibility index (Phi) is 4.06. The Balaban J connectivity index is 2.04. The third kappa shape index (κ3) is 3.05. The van der Waals surface area contributed by atoms with E-state index in [4.69, 9.17) is 9.84 Å². The SMILES string of the molecule is O=C1OC[C@@H](CO)N1CCS(=O)(=O)c1ccccc1. The van der Waals surface area contributed by atoms with Crippen LogP contribution in [0.2, 0.25) is 0 Å². The number of amides is 1. The number of carbonyl (C=O) groups is 1. The van der Waals surface area contributed by atoms with E-state index >= 15 is 0 Å². The summed E-state index contributed by atoms with van der Waals surface area (Å²) in [4.78, 5) is 12.9. The van der Waals surface area contributed by atoms with Crippen LogP contribution in [0.25, 0.3) is 0 Å². The van der Waals surface area contributed by atoms with Crippen molar-refractivity contribution in [3.8, 4) is 0 Å². The van der Waals surface area contributed by atoms with Gasteiger partial charge < -0.3 is 9.84 Å². The predicted molar refractivity (Wildman–Crippen MR) is 67.4 cm³/mol. The third-order valence-corrected chi connectivity index (χ3v) is 4.70.